The summed E-state index contributed by atoms with van der Waals surface area (Å²) in [4.78, 5) is 12.0. The maximum atomic E-state index is 12.0. The van der Waals surface area contributed by atoms with Gasteiger partial charge in [-0.3, -0.25) is 4.79 Å². The fourth-order valence-corrected chi connectivity index (χ4v) is 2.29. The van der Waals surface area contributed by atoms with E-state index in [0.29, 0.717) is 16.7 Å². The van der Waals surface area contributed by atoms with Gasteiger partial charge in [0, 0.05) is 6.54 Å². The molecule has 1 saturated heterocycles. The smallest absolute Gasteiger partial charge is 0.228 e. The molecule has 1 aromatic carbocycles. The molecule has 0 aromatic heterocycles. The first-order chi connectivity index (χ1) is 8.18. The highest BCUT2D eigenvalue weighted by atomic mass is 79.9. The van der Waals surface area contributed by atoms with Crippen molar-refractivity contribution in [3.05, 3.63) is 22.7 Å². The Morgan fingerprint density at radius 1 is 1.53 bits per heavy atom. The molecular formula is C12H15BrN2O2. The molecule has 92 valence electrons. The van der Waals surface area contributed by atoms with Gasteiger partial charge in [0.25, 0.3) is 0 Å². The Morgan fingerprint density at radius 2 is 2.35 bits per heavy atom. The first kappa shape index (κ1) is 12.4. The van der Waals surface area contributed by atoms with E-state index in [-0.39, 0.29) is 17.6 Å². The van der Waals surface area contributed by atoms with Crippen LogP contribution in [0.15, 0.2) is 22.7 Å². The number of hydrogen-bond donors (Lipinski definition) is 3. The number of piperidine rings is 1. The normalized spacial score (nSPS) is 19.9. The van der Waals surface area contributed by atoms with Gasteiger partial charge in [-0.2, -0.15) is 0 Å². The van der Waals surface area contributed by atoms with E-state index in [4.69, 9.17) is 0 Å². The number of hydrogen-bond acceptors (Lipinski definition) is 3. The van der Waals surface area contributed by atoms with E-state index < -0.39 is 0 Å². The second kappa shape index (κ2) is 5.51. The molecule has 3 N–H and O–H groups in total. The molecule has 1 fully saturated rings. The monoisotopic (exact) mass is 298 g/mol. The summed E-state index contributed by atoms with van der Waals surface area (Å²) in [6.07, 6.45) is 1.91. The van der Waals surface area contributed by atoms with E-state index in [1.54, 1.807) is 18.2 Å². The van der Waals surface area contributed by atoms with Gasteiger partial charge in [0.15, 0.2) is 5.75 Å². The van der Waals surface area contributed by atoms with Crippen LogP contribution >= 0.6 is 15.9 Å². The number of benzene rings is 1. The molecule has 0 aliphatic carbocycles. The van der Waals surface area contributed by atoms with E-state index >= 15 is 0 Å². The van der Waals surface area contributed by atoms with Crippen LogP contribution in [0.1, 0.15) is 12.8 Å². The minimum Gasteiger partial charge on any atom is -0.505 e. The molecule has 5 heteroatoms. The van der Waals surface area contributed by atoms with Crippen molar-refractivity contribution < 1.29 is 9.90 Å². The molecule has 1 amide bonds. The Morgan fingerprint density at radius 3 is 3.06 bits per heavy atom. The third kappa shape index (κ3) is 2.98. The van der Waals surface area contributed by atoms with Gasteiger partial charge in [0.2, 0.25) is 5.91 Å². The number of anilines is 1. The summed E-state index contributed by atoms with van der Waals surface area (Å²) >= 11 is 3.22. The second-order valence-electron chi connectivity index (χ2n) is 4.17. The van der Waals surface area contributed by atoms with Crippen molar-refractivity contribution in [3.63, 3.8) is 0 Å². The van der Waals surface area contributed by atoms with Crippen molar-refractivity contribution in [2.24, 2.45) is 5.92 Å². The largest absolute Gasteiger partial charge is 0.505 e. The van der Waals surface area contributed by atoms with Gasteiger partial charge in [0.1, 0.15) is 0 Å². The molecule has 1 atom stereocenters. The molecular weight excluding hydrogens is 284 g/mol. The SMILES string of the molecule is O=C(Nc1cccc(Br)c1O)[C@H]1CCCNC1. The van der Waals surface area contributed by atoms with Crippen molar-refractivity contribution in [2.75, 3.05) is 18.4 Å². The molecule has 1 aromatic rings. The predicted octanol–water partition coefficient (Wildman–Crippen LogP) is 2.09. The highest BCUT2D eigenvalue weighted by Crippen LogP contribution is 2.31. The van der Waals surface area contributed by atoms with Gasteiger partial charge in [-0.05, 0) is 47.4 Å². The Hall–Kier alpha value is -1.07. The van der Waals surface area contributed by atoms with Crippen molar-refractivity contribution >= 4 is 27.5 Å². The molecule has 1 heterocycles. The van der Waals surface area contributed by atoms with Crippen molar-refractivity contribution in [1.82, 2.24) is 5.32 Å². The van der Waals surface area contributed by atoms with Gasteiger partial charge < -0.3 is 15.7 Å². The van der Waals surface area contributed by atoms with Crippen LogP contribution in [0.4, 0.5) is 5.69 Å². The zero-order valence-corrected chi connectivity index (χ0v) is 11.0. The zero-order valence-electron chi connectivity index (χ0n) is 9.37. The minimum absolute atomic E-state index is 0.0119. The highest BCUT2D eigenvalue weighted by Gasteiger charge is 2.21. The molecule has 0 spiro atoms. The Kier molecular flexibility index (Phi) is 4.02. The first-order valence-electron chi connectivity index (χ1n) is 5.67. The quantitative estimate of drug-likeness (QED) is 0.733. The summed E-state index contributed by atoms with van der Waals surface area (Å²) in [6.45, 7) is 1.69. The summed E-state index contributed by atoms with van der Waals surface area (Å²) in [5, 5.41) is 15.7. The van der Waals surface area contributed by atoms with Crippen LogP contribution in [0.5, 0.6) is 5.75 Å². The van der Waals surface area contributed by atoms with Crippen molar-refractivity contribution in [3.8, 4) is 5.75 Å². The van der Waals surface area contributed by atoms with Gasteiger partial charge in [0.05, 0.1) is 16.1 Å². The maximum Gasteiger partial charge on any atom is 0.228 e. The summed E-state index contributed by atoms with van der Waals surface area (Å²) in [5.74, 6) is 0.0253. The number of nitrogens with one attached hydrogen (secondary N) is 2. The average Bonchev–Trinajstić information content (AvgIpc) is 2.36. The van der Waals surface area contributed by atoms with Crippen LogP contribution in [0.2, 0.25) is 0 Å². The number of phenols is 1. The molecule has 0 radical (unpaired) electrons. The van der Waals surface area contributed by atoms with Gasteiger partial charge >= 0.3 is 0 Å². The van der Waals surface area contributed by atoms with Crippen LogP contribution in [0.25, 0.3) is 0 Å². The second-order valence-corrected chi connectivity index (χ2v) is 5.02. The van der Waals surface area contributed by atoms with Crippen molar-refractivity contribution in [2.45, 2.75) is 12.8 Å². The predicted molar refractivity (Wildman–Crippen MR) is 70.0 cm³/mol. The zero-order chi connectivity index (χ0) is 12.3. The fourth-order valence-electron chi connectivity index (χ4n) is 1.93. The number of phenolic OH excluding ortho intramolecular Hbond substituents is 1. The topological polar surface area (TPSA) is 61.4 Å². The summed E-state index contributed by atoms with van der Waals surface area (Å²) in [6, 6.07) is 5.19. The molecule has 4 nitrogen and oxygen atoms in total. The Bertz CT molecular complexity index is 417. The fraction of sp³-hybridized carbons (Fsp3) is 0.417. The standard InChI is InChI=1S/C12H15BrN2O2/c13-9-4-1-5-10(11(9)16)15-12(17)8-3-2-6-14-7-8/h1,4-5,8,14,16H,2-3,6-7H2,(H,15,17)/t8-/m0/s1. The lowest BCUT2D eigenvalue weighted by molar-refractivity contribution is -0.120. The van der Waals surface area contributed by atoms with E-state index in [0.717, 1.165) is 19.4 Å². The molecule has 2 rings (SSSR count). The number of rotatable bonds is 2. The maximum absolute atomic E-state index is 12.0. The van der Waals surface area contributed by atoms with E-state index in [2.05, 4.69) is 26.6 Å². The highest BCUT2D eigenvalue weighted by molar-refractivity contribution is 9.10. The van der Waals surface area contributed by atoms with Crippen LogP contribution in [0, 0.1) is 5.92 Å². The Labute approximate surface area is 109 Å². The Balaban J connectivity index is 2.04. The van der Waals surface area contributed by atoms with E-state index in [9.17, 15) is 9.90 Å². The molecule has 0 saturated carbocycles. The summed E-state index contributed by atoms with van der Waals surface area (Å²) in [7, 11) is 0. The summed E-state index contributed by atoms with van der Waals surface area (Å²) < 4.78 is 0.581. The van der Waals surface area contributed by atoms with Gasteiger partial charge in [-0.25, -0.2) is 0 Å². The molecule has 0 bridgehead atoms. The lowest BCUT2D eigenvalue weighted by Crippen LogP contribution is -2.37. The third-order valence-corrected chi connectivity index (χ3v) is 3.55. The van der Waals surface area contributed by atoms with E-state index in [1.165, 1.54) is 0 Å². The van der Waals surface area contributed by atoms with Crippen LogP contribution in [-0.4, -0.2) is 24.1 Å². The van der Waals surface area contributed by atoms with Crippen LogP contribution in [0.3, 0.4) is 0 Å². The third-order valence-electron chi connectivity index (χ3n) is 2.91. The lowest BCUT2D eigenvalue weighted by Gasteiger charge is -2.22. The first-order valence-corrected chi connectivity index (χ1v) is 6.47. The molecule has 17 heavy (non-hydrogen) atoms. The minimum atomic E-state index is -0.0365. The van der Waals surface area contributed by atoms with Crippen LogP contribution < -0.4 is 10.6 Å². The lowest BCUT2D eigenvalue weighted by atomic mass is 9.99. The number of carbonyl (C=O) groups excluding carboxylic acids is 1. The summed E-state index contributed by atoms with van der Waals surface area (Å²) in [5.41, 5.74) is 0.454. The molecule has 0 unspecified atom stereocenters. The molecule has 1 aliphatic rings. The van der Waals surface area contributed by atoms with Gasteiger partial charge in [-0.15, -0.1) is 0 Å². The van der Waals surface area contributed by atoms with Crippen molar-refractivity contribution in [1.29, 1.82) is 0 Å². The number of amides is 1. The van der Waals surface area contributed by atoms with E-state index in [1.807, 2.05) is 0 Å². The average molecular weight is 299 g/mol. The number of halogens is 1. The number of carbonyl (C=O) groups is 1. The number of aromatic hydroxyl groups is 1. The molecule has 1 aliphatic heterocycles. The van der Waals surface area contributed by atoms with Crippen LogP contribution in [-0.2, 0) is 4.79 Å². The number of para-hydroxylation sites is 1. The van der Waals surface area contributed by atoms with Gasteiger partial charge in [-0.1, -0.05) is 6.07 Å².